The number of rotatable bonds is 3. The highest BCUT2D eigenvalue weighted by Crippen LogP contribution is 2.21. The second kappa shape index (κ2) is 3.95. The van der Waals surface area contributed by atoms with Gasteiger partial charge in [0.05, 0.1) is 11.1 Å². The van der Waals surface area contributed by atoms with Gasteiger partial charge in [-0.3, -0.25) is 14.5 Å². The van der Waals surface area contributed by atoms with E-state index in [4.69, 9.17) is 0 Å². The standard InChI is InChI=1S/C11H9N5O2/c17-10-8-3-1-2-4-9(8)11(18)16(10)7-14-15-5-12-13-6-15/h1-6,14H,7H2. The van der Waals surface area contributed by atoms with E-state index in [1.807, 2.05) is 0 Å². The van der Waals surface area contributed by atoms with Crippen LogP contribution in [0, 0.1) is 0 Å². The molecule has 3 rings (SSSR count). The summed E-state index contributed by atoms with van der Waals surface area (Å²) >= 11 is 0. The minimum absolute atomic E-state index is 0.0738. The normalized spacial score (nSPS) is 13.9. The fourth-order valence-electron chi connectivity index (χ4n) is 1.82. The highest BCUT2D eigenvalue weighted by atomic mass is 16.2. The number of carbonyl (C=O) groups excluding carboxylic acids is 2. The fraction of sp³-hybridized carbons (Fsp3) is 0.0909. The van der Waals surface area contributed by atoms with Crippen LogP contribution in [0.1, 0.15) is 20.7 Å². The molecule has 2 aromatic rings. The third-order valence-corrected chi connectivity index (χ3v) is 2.71. The first-order valence-electron chi connectivity index (χ1n) is 5.31. The smallest absolute Gasteiger partial charge is 0.263 e. The van der Waals surface area contributed by atoms with E-state index in [0.717, 1.165) is 4.90 Å². The van der Waals surface area contributed by atoms with Gasteiger partial charge in [0, 0.05) is 0 Å². The van der Waals surface area contributed by atoms with Crippen molar-refractivity contribution in [3.05, 3.63) is 48.0 Å². The second-order valence-corrected chi connectivity index (χ2v) is 3.77. The second-order valence-electron chi connectivity index (χ2n) is 3.77. The molecule has 90 valence electrons. The van der Waals surface area contributed by atoms with Crippen LogP contribution in [-0.2, 0) is 0 Å². The molecule has 1 aromatic heterocycles. The van der Waals surface area contributed by atoms with Crippen molar-refractivity contribution < 1.29 is 9.59 Å². The third-order valence-electron chi connectivity index (χ3n) is 2.71. The molecule has 7 nitrogen and oxygen atoms in total. The van der Waals surface area contributed by atoms with E-state index in [0.29, 0.717) is 11.1 Å². The van der Waals surface area contributed by atoms with E-state index >= 15 is 0 Å². The van der Waals surface area contributed by atoms with Crippen LogP contribution in [0.5, 0.6) is 0 Å². The Balaban J connectivity index is 1.80. The highest BCUT2D eigenvalue weighted by molar-refractivity contribution is 6.21. The summed E-state index contributed by atoms with van der Waals surface area (Å²) in [6, 6.07) is 6.77. The largest absolute Gasteiger partial charge is 0.303 e. The molecule has 1 aliphatic rings. The molecule has 0 saturated heterocycles. The molecule has 0 aliphatic carbocycles. The molecule has 2 amide bonds. The van der Waals surface area contributed by atoms with Gasteiger partial charge < -0.3 is 5.43 Å². The van der Waals surface area contributed by atoms with E-state index < -0.39 is 0 Å². The quantitative estimate of drug-likeness (QED) is 0.772. The monoisotopic (exact) mass is 243 g/mol. The maximum atomic E-state index is 12.0. The number of nitrogens with zero attached hydrogens (tertiary/aromatic N) is 4. The van der Waals surface area contributed by atoms with Crippen molar-refractivity contribution in [1.82, 2.24) is 19.8 Å². The molecule has 7 heteroatoms. The van der Waals surface area contributed by atoms with Crippen molar-refractivity contribution in [2.75, 3.05) is 12.1 Å². The van der Waals surface area contributed by atoms with Crippen molar-refractivity contribution in [2.45, 2.75) is 0 Å². The predicted octanol–water partition coefficient (Wildman–Crippen LogP) is 0.0753. The zero-order valence-corrected chi connectivity index (χ0v) is 9.28. The van der Waals surface area contributed by atoms with Gasteiger partial charge in [0.1, 0.15) is 19.3 Å². The van der Waals surface area contributed by atoms with Crippen molar-refractivity contribution >= 4 is 11.8 Å². The lowest BCUT2D eigenvalue weighted by Crippen LogP contribution is -2.37. The molecule has 18 heavy (non-hydrogen) atoms. The minimum Gasteiger partial charge on any atom is -0.303 e. The first-order valence-corrected chi connectivity index (χ1v) is 5.31. The number of carbonyl (C=O) groups is 2. The van der Waals surface area contributed by atoms with Gasteiger partial charge in [0.15, 0.2) is 0 Å². The first kappa shape index (κ1) is 10.5. The number of amides is 2. The van der Waals surface area contributed by atoms with Crippen molar-refractivity contribution in [3.8, 4) is 0 Å². The van der Waals surface area contributed by atoms with Gasteiger partial charge in [-0.2, -0.15) is 0 Å². The summed E-state index contributed by atoms with van der Waals surface area (Å²) in [5.74, 6) is -0.590. The average Bonchev–Trinajstić information content (AvgIpc) is 2.98. The number of benzene rings is 1. The summed E-state index contributed by atoms with van der Waals surface area (Å²) in [6.45, 7) is 0.0738. The van der Waals surface area contributed by atoms with Crippen molar-refractivity contribution in [3.63, 3.8) is 0 Å². The van der Waals surface area contributed by atoms with Crippen LogP contribution < -0.4 is 5.43 Å². The number of hydrogen-bond acceptors (Lipinski definition) is 5. The van der Waals surface area contributed by atoms with E-state index in [1.54, 1.807) is 24.3 Å². The van der Waals surface area contributed by atoms with E-state index in [1.165, 1.54) is 17.3 Å². The Morgan fingerprint density at radius 2 is 1.56 bits per heavy atom. The Morgan fingerprint density at radius 3 is 2.11 bits per heavy atom. The molecular formula is C11H9N5O2. The molecule has 1 N–H and O–H groups in total. The SMILES string of the molecule is O=C1c2ccccc2C(=O)N1CNn1cnnc1. The van der Waals surface area contributed by atoms with Crippen molar-refractivity contribution in [2.24, 2.45) is 0 Å². The fourth-order valence-corrected chi connectivity index (χ4v) is 1.82. The number of fused-ring (bicyclic) bond motifs is 1. The number of imide groups is 1. The molecule has 0 fully saturated rings. The molecule has 2 heterocycles. The summed E-state index contributed by atoms with van der Waals surface area (Å²) in [5.41, 5.74) is 3.71. The predicted molar refractivity (Wildman–Crippen MR) is 61.2 cm³/mol. The van der Waals surface area contributed by atoms with Gasteiger partial charge in [-0.15, -0.1) is 10.2 Å². The van der Waals surface area contributed by atoms with Gasteiger partial charge in [-0.1, -0.05) is 12.1 Å². The molecule has 0 bridgehead atoms. The summed E-state index contributed by atoms with van der Waals surface area (Å²) in [7, 11) is 0. The topological polar surface area (TPSA) is 80.1 Å². The number of aromatic nitrogens is 3. The average molecular weight is 243 g/mol. The lowest BCUT2D eigenvalue weighted by Gasteiger charge is -2.15. The van der Waals surface area contributed by atoms with E-state index in [-0.39, 0.29) is 18.5 Å². The minimum atomic E-state index is -0.295. The van der Waals surface area contributed by atoms with Gasteiger partial charge in [0.2, 0.25) is 0 Å². The van der Waals surface area contributed by atoms with Crippen LogP contribution in [0.15, 0.2) is 36.9 Å². The first-order chi connectivity index (χ1) is 8.77. The molecule has 1 aromatic carbocycles. The van der Waals surface area contributed by atoms with Crippen LogP contribution >= 0.6 is 0 Å². The number of nitrogens with one attached hydrogen (secondary N) is 1. The summed E-state index contributed by atoms with van der Waals surface area (Å²) in [6.07, 6.45) is 2.89. The zero-order chi connectivity index (χ0) is 12.5. The maximum absolute atomic E-state index is 12.0. The number of hydrogen-bond donors (Lipinski definition) is 1. The Morgan fingerprint density at radius 1 is 1.00 bits per heavy atom. The van der Waals surface area contributed by atoms with Crippen LogP contribution in [0.3, 0.4) is 0 Å². The van der Waals surface area contributed by atoms with Crippen LogP contribution in [0.2, 0.25) is 0 Å². The molecule has 0 radical (unpaired) electrons. The maximum Gasteiger partial charge on any atom is 0.263 e. The van der Waals surface area contributed by atoms with Crippen LogP contribution in [-0.4, -0.2) is 38.3 Å². The van der Waals surface area contributed by atoms with Crippen LogP contribution in [0.4, 0.5) is 0 Å². The van der Waals surface area contributed by atoms with Gasteiger partial charge in [-0.25, -0.2) is 4.68 Å². The van der Waals surface area contributed by atoms with E-state index in [9.17, 15) is 9.59 Å². The Kier molecular flexibility index (Phi) is 2.30. The molecular weight excluding hydrogens is 234 g/mol. The Hall–Kier alpha value is -2.70. The molecule has 0 unspecified atom stereocenters. The molecule has 0 atom stereocenters. The van der Waals surface area contributed by atoms with E-state index in [2.05, 4.69) is 15.6 Å². The Bertz CT molecular complexity index is 573. The molecule has 0 saturated carbocycles. The van der Waals surface area contributed by atoms with Gasteiger partial charge in [0.25, 0.3) is 11.8 Å². The van der Waals surface area contributed by atoms with Gasteiger partial charge >= 0.3 is 0 Å². The summed E-state index contributed by atoms with van der Waals surface area (Å²) in [4.78, 5) is 25.1. The summed E-state index contributed by atoms with van der Waals surface area (Å²) < 4.78 is 1.48. The molecule has 0 spiro atoms. The lowest BCUT2D eigenvalue weighted by atomic mass is 10.1. The lowest BCUT2D eigenvalue weighted by molar-refractivity contribution is 0.0661. The molecule has 1 aliphatic heterocycles. The third kappa shape index (κ3) is 1.53. The highest BCUT2D eigenvalue weighted by Gasteiger charge is 2.34. The van der Waals surface area contributed by atoms with Gasteiger partial charge in [-0.05, 0) is 12.1 Å². The van der Waals surface area contributed by atoms with Crippen LogP contribution in [0.25, 0.3) is 0 Å². The van der Waals surface area contributed by atoms with Crippen molar-refractivity contribution in [1.29, 1.82) is 0 Å². The zero-order valence-electron chi connectivity index (χ0n) is 9.28. The Labute approximate surface area is 102 Å². The summed E-state index contributed by atoms with van der Waals surface area (Å²) in [5, 5.41) is 7.21.